The Balaban J connectivity index is 1.52. The number of aliphatic hydroxyl groups is 8. The molecule has 3 aliphatic heterocycles. The molecule has 2 fully saturated rings. The van der Waals surface area contributed by atoms with E-state index >= 15 is 0 Å². The van der Waals surface area contributed by atoms with Crippen molar-refractivity contribution in [2.75, 3.05) is 13.2 Å². The van der Waals surface area contributed by atoms with E-state index < -0.39 is 98.2 Å². The molecule has 5 rings (SSSR count). The van der Waals surface area contributed by atoms with E-state index in [1.807, 2.05) is 0 Å². The molecule has 46 heavy (non-hydrogen) atoms. The van der Waals surface area contributed by atoms with E-state index in [9.17, 15) is 55.9 Å². The van der Waals surface area contributed by atoms with Crippen molar-refractivity contribution in [3.05, 3.63) is 47.2 Å². The molecule has 0 bridgehead atoms. The first kappa shape index (κ1) is 33.5. The second-order valence-electron chi connectivity index (χ2n) is 11.0. The summed E-state index contributed by atoms with van der Waals surface area (Å²) in [5.41, 5.74) is 0.351. The second-order valence-corrected chi connectivity index (χ2v) is 11.0. The van der Waals surface area contributed by atoms with Crippen LogP contribution >= 0.6 is 0 Å². The lowest BCUT2D eigenvalue weighted by molar-refractivity contribution is -0.295. The molecule has 3 heterocycles. The van der Waals surface area contributed by atoms with Gasteiger partial charge in [0.25, 0.3) is 11.9 Å². The minimum atomic E-state index is -1.82. The smallest absolute Gasteiger partial charge is 0.302 e. The van der Waals surface area contributed by atoms with Crippen LogP contribution in [0.25, 0.3) is 6.08 Å². The van der Waals surface area contributed by atoms with Gasteiger partial charge in [-0.3, -0.25) is 4.79 Å². The lowest BCUT2D eigenvalue weighted by atomic mass is 9.98. The molecule has 0 aromatic heterocycles. The van der Waals surface area contributed by atoms with Crippen LogP contribution < -0.4 is 4.74 Å². The number of phenolic OH excluding ortho intramolecular Hbond substituents is 3. The summed E-state index contributed by atoms with van der Waals surface area (Å²) in [6, 6.07) is 6.14. The molecular formula is C29H35O17+. The van der Waals surface area contributed by atoms with Gasteiger partial charge in [0.2, 0.25) is 12.6 Å². The molecule has 0 radical (unpaired) electrons. The molecule has 0 saturated carbocycles. The van der Waals surface area contributed by atoms with Crippen LogP contribution in [-0.2, 0) is 23.7 Å². The number of carbonyl (C=O) groups is 1. The van der Waals surface area contributed by atoms with E-state index in [1.54, 1.807) is 0 Å². The van der Waals surface area contributed by atoms with Gasteiger partial charge in [0.15, 0.2) is 17.3 Å². The van der Waals surface area contributed by atoms with Crippen LogP contribution in [0.5, 0.6) is 28.7 Å². The van der Waals surface area contributed by atoms with E-state index in [-0.39, 0.29) is 34.1 Å². The van der Waals surface area contributed by atoms with Gasteiger partial charge in [0.05, 0.1) is 18.2 Å². The first-order valence-corrected chi connectivity index (χ1v) is 14.1. The zero-order chi connectivity index (χ0) is 33.4. The third-order valence-electron chi connectivity index (χ3n) is 7.71. The highest BCUT2D eigenvalue weighted by atomic mass is 16.7. The number of hydrogen-bond donors (Lipinski definition) is 10. The Morgan fingerprint density at radius 1 is 0.804 bits per heavy atom. The summed E-state index contributed by atoms with van der Waals surface area (Å²) in [7, 11) is 0. The maximum absolute atomic E-state index is 11.3. The van der Waals surface area contributed by atoms with Gasteiger partial charge in [0.1, 0.15) is 72.5 Å². The Morgan fingerprint density at radius 3 is 2.07 bits per heavy atom. The van der Waals surface area contributed by atoms with Crippen molar-refractivity contribution in [1.29, 1.82) is 0 Å². The minimum absolute atomic E-state index is 0.0797. The summed E-state index contributed by atoms with van der Waals surface area (Å²) < 4.78 is 32.3. The highest BCUT2D eigenvalue weighted by Crippen LogP contribution is 2.47. The molecule has 11 atom stereocenters. The van der Waals surface area contributed by atoms with Crippen LogP contribution in [0.4, 0.5) is 0 Å². The minimum Gasteiger partial charge on any atom is -0.571 e. The number of aliphatic hydroxyl groups excluding tert-OH is 7. The molecular weight excluding hydrogens is 620 g/mol. The van der Waals surface area contributed by atoms with Gasteiger partial charge >= 0.3 is 5.97 Å². The number of hydrogen-bond acceptors (Lipinski definition) is 16. The van der Waals surface area contributed by atoms with Crippen molar-refractivity contribution in [2.24, 2.45) is 0 Å². The van der Waals surface area contributed by atoms with Gasteiger partial charge < -0.3 is 79.5 Å². The van der Waals surface area contributed by atoms with Crippen LogP contribution in [0.1, 0.15) is 24.2 Å². The first-order chi connectivity index (χ1) is 21.8. The fourth-order valence-electron chi connectivity index (χ4n) is 5.19. The van der Waals surface area contributed by atoms with Gasteiger partial charge in [0, 0.05) is 19.1 Å². The summed E-state index contributed by atoms with van der Waals surface area (Å²) in [5.74, 6) is -2.19. The van der Waals surface area contributed by atoms with Gasteiger partial charge in [-0.15, -0.1) is 0 Å². The number of benzene rings is 2. The quantitative estimate of drug-likeness (QED) is 0.0814. The van der Waals surface area contributed by atoms with Gasteiger partial charge in [-0.05, 0) is 18.2 Å². The maximum atomic E-state index is 11.3. The van der Waals surface area contributed by atoms with Crippen LogP contribution in [-0.4, -0.2) is 136 Å². The number of carbonyl (C=O) groups excluding carboxylic acids is 1. The molecule has 0 amide bonds. The normalized spacial score (nSPS) is 34.1. The lowest BCUT2D eigenvalue weighted by Gasteiger charge is -2.41. The van der Waals surface area contributed by atoms with E-state index in [1.165, 1.54) is 30.3 Å². The Morgan fingerprint density at radius 2 is 1.43 bits per heavy atom. The molecule has 2 aromatic carbocycles. The van der Waals surface area contributed by atoms with Crippen molar-refractivity contribution in [1.82, 2.24) is 0 Å². The number of phenols is 3. The van der Waals surface area contributed by atoms with Crippen LogP contribution in [0.15, 0.2) is 36.1 Å². The zero-order valence-electron chi connectivity index (χ0n) is 24.1. The Bertz CT molecular complexity index is 1450. The van der Waals surface area contributed by atoms with Crippen molar-refractivity contribution in [3.63, 3.8) is 0 Å². The fourth-order valence-corrected chi connectivity index (χ4v) is 5.19. The van der Waals surface area contributed by atoms with Gasteiger partial charge in [-0.1, -0.05) is 0 Å². The zero-order valence-corrected chi connectivity index (χ0v) is 24.1. The largest absolute Gasteiger partial charge is 0.571 e. The third-order valence-corrected chi connectivity index (χ3v) is 7.71. The average molecular weight is 656 g/mol. The third kappa shape index (κ3) is 6.63. The highest BCUT2D eigenvalue weighted by molar-refractivity contribution is 5.70. The van der Waals surface area contributed by atoms with E-state index in [0.29, 0.717) is 0 Å². The molecule has 3 aliphatic rings. The molecule has 17 heteroatoms. The van der Waals surface area contributed by atoms with E-state index in [0.717, 1.165) is 13.0 Å². The molecule has 2 aromatic rings. The SMILES string of the molecule is CC(=O)OCC1OC(Oc2cc(O)cc3c2C=C(OC2OC(CO)C(O)C(O)C2O)C(c2ccc(O)c(O)c2)[OH+]3)C(O)C(O)C1O. The Hall–Kier alpha value is -3.91. The second kappa shape index (κ2) is 13.4. The van der Waals surface area contributed by atoms with E-state index in [4.69, 9.17) is 23.7 Å². The number of ether oxygens (including phenoxy) is 6. The van der Waals surface area contributed by atoms with Crippen LogP contribution in [0.2, 0.25) is 0 Å². The topological polar surface area (TPSA) is 278 Å². The standard InChI is InChI=1S/C29H34O17/c1-10(31)41-9-20-22(36)24(38)26(40)28(46-20)43-17-6-12(32)5-16-13(17)7-18(27(42-16)11-2-3-14(33)15(34)4-11)44-29-25(39)23(37)21(35)19(8-30)45-29/h2-7,19-30,32-40H,8-9H2,1H3/p+1. The summed E-state index contributed by atoms with van der Waals surface area (Å²) in [5, 5.41) is 103. The summed E-state index contributed by atoms with van der Waals surface area (Å²) in [6.45, 7) is -0.0853. The number of aromatic hydroxyl groups is 4. The number of fused-ring (bicyclic) bond motifs is 1. The Kier molecular flexibility index (Phi) is 9.78. The highest BCUT2D eigenvalue weighted by Gasteiger charge is 2.48. The van der Waals surface area contributed by atoms with Gasteiger partial charge in [-0.2, -0.15) is 0 Å². The van der Waals surface area contributed by atoms with Gasteiger partial charge in [-0.25, -0.2) is 0 Å². The predicted octanol–water partition coefficient (Wildman–Crippen LogP) is -2.29. The fraction of sp³-hybridized carbons (Fsp3) is 0.483. The average Bonchev–Trinajstić information content (AvgIpc) is 3.02. The van der Waals surface area contributed by atoms with Crippen molar-refractivity contribution in [3.8, 4) is 28.7 Å². The monoisotopic (exact) mass is 655 g/mol. The summed E-state index contributed by atoms with van der Waals surface area (Å²) >= 11 is 0. The lowest BCUT2D eigenvalue weighted by Crippen LogP contribution is -2.60. The molecule has 11 N–H and O–H groups in total. The summed E-state index contributed by atoms with van der Waals surface area (Å²) in [4.78, 5) is 11.3. The first-order valence-electron chi connectivity index (χ1n) is 14.1. The molecule has 2 saturated heterocycles. The Labute approximate surface area is 260 Å². The van der Waals surface area contributed by atoms with Crippen molar-refractivity contribution in [2.45, 2.75) is 74.4 Å². The molecule has 0 aliphatic carbocycles. The molecule has 11 unspecified atom stereocenters. The van der Waals surface area contributed by atoms with Crippen molar-refractivity contribution < 1.29 is 84.3 Å². The molecule has 17 nitrogen and oxygen atoms in total. The number of esters is 1. The predicted molar refractivity (Wildman–Crippen MR) is 149 cm³/mol. The van der Waals surface area contributed by atoms with Crippen molar-refractivity contribution >= 4 is 12.0 Å². The van der Waals surface area contributed by atoms with Crippen LogP contribution in [0, 0.1) is 0 Å². The summed E-state index contributed by atoms with van der Waals surface area (Å²) in [6.07, 6.45) is -16.2. The number of rotatable bonds is 8. The van der Waals surface area contributed by atoms with Crippen LogP contribution in [0.3, 0.4) is 0 Å². The molecule has 252 valence electrons. The molecule has 0 spiro atoms. The van der Waals surface area contributed by atoms with E-state index in [2.05, 4.69) is 4.74 Å². The maximum Gasteiger partial charge on any atom is 0.302 e.